The molecule has 3 atom stereocenters. The van der Waals surface area contributed by atoms with E-state index in [4.69, 9.17) is 9.47 Å². The maximum atomic E-state index is 5.87. The molecule has 0 radical (unpaired) electrons. The molecule has 3 rings (SSSR count). The number of nitrogens with one attached hydrogen (secondary N) is 1. The van der Waals surface area contributed by atoms with Gasteiger partial charge in [0.05, 0.1) is 13.2 Å². The molecule has 2 aliphatic heterocycles. The van der Waals surface area contributed by atoms with Gasteiger partial charge in [0.1, 0.15) is 0 Å². The number of ether oxygens (including phenoxy) is 2. The lowest BCUT2D eigenvalue weighted by molar-refractivity contribution is 0.296. The zero-order valence-corrected chi connectivity index (χ0v) is 14.0. The van der Waals surface area contributed by atoms with Crippen LogP contribution in [-0.2, 0) is 0 Å². The Labute approximate surface area is 131 Å². The van der Waals surface area contributed by atoms with E-state index in [2.05, 4.69) is 38.2 Å². The predicted octanol–water partition coefficient (Wildman–Crippen LogP) is 4.02. The van der Waals surface area contributed by atoms with Gasteiger partial charge in [0.25, 0.3) is 0 Å². The summed E-state index contributed by atoms with van der Waals surface area (Å²) in [7, 11) is 0. The SMILES string of the molecule is CCCNC1c2cc3c(cc2SC(C)C1C)OCCCO3. The fourth-order valence-corrected chi connectivity index (χ4v) is 4.28. The number of hydrogen-bond acceptors (Lipinski definition) is 4. The predicted molar refractivity (Wildman–Crippen MR) is 87.6 cm³/mol. The van der Waals surface area contributed by atoms with Crippen molar-refractivity contribution in [3.8, 4) is 11.5 Å². The van der Waals surface area contributed by atoms with Crippen LogP contribution in [0, 0.1) is 5.92 Å². The number of rotatable bonds is 3. The largest absolute Gasteiger partial charge is 0.490 e. The summed E-state index contributed by atoms with van der Waals surface area (Å²) in [6.07, 6.45) is 2.11. The first-order valence-corrected chi connectivity index (χ1v) is 8.92. The Hall–Kier alpha value is -0.870. The van der Waals surface area contributed by atoms with Crippen LogP contribution in [0.25, 0.3) is 0 Å². The Balaban J connectivity index is 1.97. The van der Waals surface area contributed by atoms with Gasteiger partial charge in [-0.1, -0.05) is 20.8 Å². The molecule has 0 aromatic heterocycles. The smallest absolute Gasteiger partial charge is 0.162 e. The van der Waals surface area contributed by atoms with Crippen molar-refractivity contribution in [3.63, 3.8) is 0 Å². The van der Waals surface area contributed by atoms with Gasteiger partial charge in [-0.05, 0) is 36.6 Å². The molecule has 0 aliphatic carbocycles. The highest BCUT2D eigenvalue weighted by Crippen LogP contribution is 2.48. The first kappa shape index (κ1) is 15.0. The molecule has 2 heterocycles. The summed E-state index contributed by atoms with van der Waals surface area (Å²) in [5.74, 6) is 2.44. The number of fused-ring (bicyclic) bond motifs is 2. The minimum Gasteiger partial charge on any atom is -0.490 e. The molecule has 2 aliphatic rings. The molecule has 21 heavy (non-hydrogen) atoms. The van der Waals surface area contributed by atoms with Crippen molar-refractivity contribution in [1.82, 2.24) is 5.32 Å². The van der Waals surface area contributed by atoms with Gasteiger partial charge in [0, 0.05) is 22.6 Å². The summed E-state index contributed by atoms with van der Waals surface area (Å²) in [5, 5.41) is 4.33. The van der Waals surface area contributed by atoms with Crippen molar-refractivity contribution < 1.29 is 9.47 Å². The first-order chi connectivity index (χ1) is 10.2. The molecule has 1 N–H and O–H groups in total. The fourth-order valence-electron chi connectivity index (χ4n) is 3.01. The summed E-state index contributed by atoms with van der Waals surface area (Å²) in [5.41, 5.74) is 1.38. The van der Waals surface area contributed by atoms with Gasteiger partial charge < -0.3 is 14.8 Å². The van der Waals surface area contributed by atoms with E-state index in [-0.39, 0.29) is 0 Å². The van der Waals surface area contributed by atoms with Crippen LogP contribution in [0.3, 0.4) is 0 Å². The third-order valence-corrected chi connectivity index (χ3v) is 5.82. The van der Waals surface area contributed by atoms with Crippen LogP contribution in [0.4, 0.5) is 0 Å². The average molecular weight is 307 g/mol. The van der Waals surface area contributed by atoms with Gasteiger partial charge in [0.15, 0.2) is 11.5 Å². The van der Waals surface area contributed by atoms with E-state index in [9.17, 15) is 0 Å². The monoisotopic (exact) mass is 307 g/mol. The van der Waals surface area contributed by atoms with Gasteiger partial charge >= 0.3 is 0 Å². The zero-order chi connectivity index (χ0) is 14.8. The van der Waals surface area contributed by atoms with Crippen molar-refractivity contribution in [2.24, 2.45) is 5.92 Å². The summed E-state index contributed by atoms with van der Waals surface area (Å²) < 4.78 is 11.7. The van der Waals surface area contributed by atoms with Gasteiger partial charge in [-0.3, -0.25) is 0 Å². The van der Waals surface area contributed by atoms with Gasteiger partial charge in [-0.15, -0.1) is 11.8 Å². The normalized spacial score (nSPS) is 27.9. The number of benzene rings is 1. The molecule has 3 nitrogen and oxygen atoms in total. The molecule has 0 saturated carbocycles. The Morgan fingerprint density at radius 2 is 1.90 bits per heavy atom. The van der Waals surface area contributed by atoms with Crippen molar-refractivity contribution in [3.05, 3.63) is 17.7 Å². The third-order valence-electron chi connectivity index (χ3n) is 4.41. The molecule has 116 valence electrons. The quantitative estimate of drug-likeness (QED) is 0.913. The van der Waals surface area contributed by atoms with Gasteiger partial charge in [-0.2, -0.15) is 0 Å². The van der Waals surface area contributed by atoms with Crippen LogP contribution in [0.1, 0.15) is 45.2 Å². The van der Waals surface area contributed by atoms with Crippen molar-refractivity contribution >= 4 is 11.8 Å². The Bertz CT molecular complexity index is 506. The van der Waals surface area contributed by atoms with E-state index < -0.39 is 0 Å². The maximum Gasteiger partial charge on any atom is 0.162 e. The number of thioether (sulfide) groups is 1. The van der Waals surface area contributed by atoms with Gasteiger partial charge in [0.2, 0.25) is 0 Å². The third kappa shape index (κ3) is 3.02. The van der Waals surface area contributed by atoms with Crippen LogP contribution in [0.15, 0.2) is 17.0 Å². The fraction of sp³-hybridized carbons (Fsp3) is 0.647. The molecule has 0 saturated heterocycles. The van der Waals surface area contributed by atoms with E-state index in [1.54, 1.807) is 0 Å². The van der Waals surface area contributed by atoms with Crippen molar-refractivity contribution in [2.75, 3.05) is 19.8 Å². The molecule has 0 fully saturated rings. The number of hydrogen-bond donors (Lipinski definition) is 1. The van der Waals surface area contributed by atoms with E-state index in [1.165, 1.54) is 10.5 Å². The molecule has 0 spiro atoms. The lowest BCUT2D eigenvalue weighted by Crippen LogP contribution is -2.35. The summed E-state index contributed by atoms with van der Waals surface area (Å²) in [6, 6.07) is 4.80. The minimum atomic E-state index is 0.411. The van der Waals surface area contributed by atoms with Crippen molar-refractivity contribution in [1.29, 1.82) is 0 Å². The highest BCUT2D eigenvalue weighted by molar-refractivity contribution is 8.00. The topological polar surface area (TPSA) is 30.5 Å². The molecule has 1 aromatic rings. The van der Waals surface area contributed by atoms with E-state index in [0.29, 0.717) is 17.2 Å². The van der Waals surface area contributed by atoms with Crippen LogP contribution in [0.5, 0.6) is 11.5 Å². The lowest BCUT2D eigenvalue weighted by Gasteiger charge is -2.36. The Kier molecular flexibility index (Phi) is 4.65. The van der Waals surface area contributed by atoms with Gasteiger partial charge in [-0.25, -0.2) is 0 Å². The molecular weight excluding hydrogens is 282 g/mol. The van der Waals surface area contributed by atoms with Crippen LogP contribution in [-0.4, -0.2) is 25.0 Å². The van der Waals surface area contributed by atoms with Crippen LogP contribution in [0.2, 0.25) is 0 Å². The minimum absolute atomic E-state index is 0.411. The second-order valence-corrected chi connectivity index (χ2v) is 7.42. The standard InChI is InChI=1S/C17H25NO2S/c1-4-6-18-17-11(2)12(3)21-16-10-15-14(9-13(16)17)19-7-5-8-20-15/h9-12,17-18H,4-8H2,1-3H3. The molecule has 0 amide bonds. The summed E-state index contributed by atoms with van der Waals surface area (Å²) in [4.78, 5) is 1.35. The highest BCUT2D eigenvalue weighted by Gasteiger charge is 2.33. The first-order valence-electron chi connectivity index (χ1n) is 8.04. The molecule has 1 aromatic carbocycles. The van der Waals surface area contributed by atoms with E-state index in [0.717, 1.165) is 44.1 Å². The molecule has 0 bridgehead atoms. The lowest BCUT2D eigenvalue weighted by atomic mass is 9.91. The zero-order valence-electron chi connectivity index (χ0n) is 13.1. The Morgan fingerprint density at radius 3 is 2.62 bits per heavy atom. The van der Waals surface area contributed by atoms with Crippen LogP contribution < -0.4 is 14.8 Å². The molecule has 3 unspecified atom stereocenters. The summed E-state index contributed by atoms with van der Waals surface area (Å²) in [6.45, 7) is 9.44. The second-order valence-electron chi connectivity index (χ2n) is 6.00. The summed E-state index contributed by atoms with van der Waals surface area (Å²) >= 11 is 1.96. The molecular formula is C17H25NO2S. The Morgan fingerprint density at radius 1 is 1.19 bits per heavy atom. The average Bonchev–Trinajstić information content (AvgIpc) is 2.71. The second kappa shape index (κ2) is 6.49. The van der Waals surface area contributed by atoms with E-state index >= 15 is 0 Å². The highest BCUT2D eigenvalue weighted by atomic mass is 32.2. The van der Waals surface area contributed by atoms with Crippen LogP contribution >= 0.6 is 11.8 Å². The molecule has 4 heteroatoms. The maximum absolute atomic E-state index is 5.87. The van der Waals surface area contributed by atoms with E-state index in [1.807, 2.05) is 11.8 Å². The van der Waals surface area contributed by atoms with Crippen molar-refractivity contribution in [2.45, 2.75) is 49.8 Å².